The van der Waals surface area contributed by atoms with Crippen molar-refractivity contribution in [2.24, 2.45) is 0 Å². The normalized spacial score (nSPS) is 11.4. The molecule has 0 amide bonds. The molecule has 1 rings (SSSR count). The van der Waals surface area contributed by atoms with Crippen molar-refractivity contribution in [1.82, 2.24) is 4.98 Å². The Hall–Kier alpha value is -2.66. The number of carbonyl (C=O) groups is 1. The monoisotopic (exact) mass is 300 g/mol. The van der Waals surface area contributed by atoms with E-state index in [4.69, 9.17) is 9.84 Å². The predicted octanol–water partition coefficient (Wildman–Crippen LogP) is 2.91. The van der Waals surface area contributed by atoms with E-state index in [1.807, 2.05) is 18.2 Å². The van der Waals surface area contributed by atoms with Gasteiger partial charge in [0, 0.05) is 25.3 Å². The molecule has 1 aromatic rings. The molecule has 0 bridgehead atoms. The molecule has 5 heteroatoms. The highest BCUT2D eigenvalue weighted by atomic mass is 16.5. The Labute approximate surface area is 130 Å². The lowest BCUT2D eigenvalue weighted by Gasteiger charge is -2.08. The van der Waals surface area contributed by atoms with Crippen LogP contribution in [0, 0.1) is 0 Å². The van der Waals surface area contributed by atoms with E-state index in [0.717, 1.165) is 23.2 Å². The quantitative estimate of drug-likeness (QED) is 0.417. The van der Waals surface area contributed by atoms with Gasteiger partial charge in [0.05, 0.1) is 12.3 Å². The van der Waals surface area contributed by atoms with E-state index in [-0.39, 0.29) is 0 Å². The molecule has 22 heavy (non-hydrogen) atoms. The van der Waals surface area contributed by atoms with Gasteiger partial charge in [0.2, 0.25) is 0 Å². The van der Waals surface area contributed by atoms with Crippen LogP contribution in [0.1, 0.15) is 5.69 Å². The number of rotatable bonds is 9. The van der Waals surface area contributed by atoms with Gasteiger partial charge in [-0.15, -0.1) is 0 Å². The first kappa shape index (κ1) is 17.4. The van der Waals surface area contributed by atoms with Gasteiger partial charge in [-0.25, -0.2) is 9.78 Å². The number of allylic oxidation sites excluding steroid dienone is 5. The topological polar surface area (TPSA) is 71.5 Å². The minimum Gasteiger partial charge on any atom is -0.478 e. The number of ether oxygens (including phenoxy) is 1. The van der Waals surface area contributed by atoms with Crippen molar-refractivity contribution in [3.63, 3.8) is 0 Å². The highest BCUT2D eigenvalue weighted by molar-refractivity contribution is 5.81. The molecule has 0 saturated carbocycles. The van der Waals surface area contributed by atoms with Gasteiger partial charge in [0.15, 0.2) is 0 Å². The summed E-state index contributed by atoms with van der Waals surface area (Å²) in [5, 5.41) is 11.8. The molecule has 0 fully saturated rings. The molecular formula is C17H20N2O3. The van der Waals surface area contributed by atoms with Gasteiger partial charge in [-0.1, -0.05) is 25.3 Å². The minimum atomic E-state index is -1.02. The van der Waals surface area contributed by atoms with Crippen LogP contribution in [0.2, 0.25) is 0 Å². The molecule has 0 unspecified atom stereocenters. The molecule has 2 N–H and O–H groups in total. The zero-order valence-electron chi connectivity index (χ0n) is 12.6. The van der Waals surface area contributed by atoms with Crippen molar-refractivity contribution in [1.29, 1.82) is 0 Å². The Bertz CT molecular complexity index is 604. The van der Waals surface area contributed by atoms with Gasteiger partial charge in [-0.3, -0.25) is 0 Å². The average molecular weight is 300 g/mol. The van der Waals surface area contributed by atoms with E-state index >= 15 is 0 Å². The standard InChI is InChI=1S/C17H20N2O3/c1-4-14(12-13(2)8-9-17(20)21)15-6-5-7-16(19-15)18-10-11-22-3/h4-9,12H,1-2,10-11H2,3H3,(H,18,19)(H,20,21)/b9-8+,14-12+. The fourth-order valence-corrected chi connectivity index (χ4v) is 1.64. The molecular weight excluding hydrogens is 280 g/mol. The van der Waals surface area contributed by atoms with Crippen molar-refractivity contribution in [2.45, 2.75) is 0 Å². The minimum absolute atomic E-state index is 0.553. The second-order valence-corrected chi connectivity index (χ2v) is 4.38. The van der Waals surface area contributed by atoms with Crippen molar-refractivity contribution < 1.29 is 14.6 Å². The van der Waals surface area contributed by atoms with Gasteiger partial charge in [0.1, 0.15) is 5.82 Å². The summed E-state index contributed by atoms with van der Waals surface area (Å²) < 4.78 is 4.98. The van der Waals surface area contributed by atoms with Gasteiger partial charge >= 0.3 is 5.97 Å². The average Bonchev–Trinajstić information content (AvgIpc) is 2.51. The number of aliphatic carboxylic acids is 1. The first-order chi connectivity index (χ1) is 10.6. The number of hydrogen-bond donors (Lipinski definition) is 2. The molecule has 5 nitrogen and oxygen atoms in total. The molecule has 0 atom stereocenters. The number of aromatic nitrogens is 1. The summed E-state index contributed by atoms with van der Waals surface area (Å²) in [6.07, 6.45) is 5.84. The maximum absolute atomic E-state index is 10.5. The van der Waals surface area contributed by atoms with Gasteiger partial charge in [-0.2, -0.15) is 0 Å². The van der Waals surface area contributed by atoms with Crippen molar-refractivity contribution in [3.8, 4) is 0 Å². The van der Waals surface area contributed by atoms with Crippen LogP contribution in [0.4, 0.5) is 5.82 Å². The maximum atomic E-state index is 10.5. The summed E-state index contributed by atoms with van der Waals surface area (Å²) in [4.78, 5) is 15.0. The lowest BCUT2D eigenvalue weighted by atomic mass is 10.1. The lowest BCUT2D eigenvalue weighted by Crippen LogP contribution is -2.09. The molecule has 0 aromatic carbocycles. The third-order valence-corrected chi connectivity index (χ3v) is 2.66. The van der Waals surface area contributed by atoms with Crippen LogP contribution in [0.25, 0.3) is 5.57 Å². The first-order valence-electron chi connectivity index (χ1n) is 6.71. The molecule has 1 heterocycles. The molecule has 116 valence electrons. The summed E-state index contributed by atoms with van der Waals surface area (Å²) in [7, 11) is 1.64. The van der Waals surface area contributed by atoms with E-state index in [9.17, 15) is 4.79 Å². The van der Waals surface area contributed by atoms with E-state index in [1.165, 1.54) is 6.08 Å². The number of nitrogens with one attached hydrogen (secondary N) is 1. The van der Waals surface area contributed by atoms with Crippen LogP contribution in [-0.2, 0) is 9.53 Å². The van der Waals surface area contributed by atoms with Crippen LogP contribution in [-0.4, -0.2) is 36.3 Å². The number of carboxylic acid groups (broad SMARTS) is 1. The van der Waals surface area contributed by atoms with Crippen LogP contribution in [0.5, 0.6) is 0 Å². The van der Waals surface area contributed by atoms with E-state index in [2.05, 4.69) is 23.5 Å². The van der Waals surface area contributed by atoms with Crippen LogP contribution in [0.3, 0.4) is 0 Å². The number of pyridine rings is 1. The molecule has 0 radical (unpaired) electrons. The number of carboxylic acids is 1. The number of nitrogens with zero attached hydrogens (tertiary/aromatic N) is 1. The number of anilines is 1. The van der Waals surface area contributed by atoms with E-state index < -0.39 is 5.97 Å². The van der Waals surface area contributed by atoms with Crippen molar-refractivity contribution in [2.75, 3.05) is 25.6 Å². The second-order valence-electron chi connectivity index (χ2n) is 4.38. The zero-order valence-corrected chi connectivity index (χ0v) is 12.6. The molecule has 0 aliphatic rings. The van der Waals surface area contributed by atoms with Gasteiger partial charge in [0.25, 0.3) is 0 Å². The van der Waals surface area contributed by atoms with Crippen molar-refractivity contribution in [3.05, 3.63) is 66.9 Å². The SMILES string of the molecule is C=C/C(=C\C(=C)/C=C/C(=O)O)c1cccc(NCCOC)n1. The maximum Gasteiger partial charge on any atom is 0.328 e. The summed E-state index contributed by atoms with van der Waals surface area (Å²) in [5.41, 5.74) is 2.04. The number of methoxy groups -OCH3 is 1. The fraction of sp³-hybridized carbons (Fsp3) is 0.176. The first-order valence-corrected chi connectivity index (χ1v) is 6.71. The Morgan fingerprint density at radius 3 is 2.86 bits per heavy atom. The van der Waals surface area contributed by atoms with Crippen LogP contribution in [0.15, 0.2) is 61.2 Å². The summed E-state index contributed by atoms with van der Waals surface area (Å²) in [5.74, 6) is -0.286. The second kappa shape index (κ2) is 9.31. The molecule has 0 spiro atoms. The van der Waals surface area contributed by atoms with Gasteiger partial charge < -0.3 is 15.2 Å². The largest absolute Gasteiger partial charge is 0.478 e. The highest BCUT2D eigenvalue weighted by Crippen LogP contribution is 2.17. The Morgan fingerprint density at radius 2 is 2.23 bits per heavy atom. The lowest BCUT2D eigenvalue weighted by molar-refractivity contribution is -0.131. The highest BCUT2D eigenvalue weighted by Gasteiger charge is 2.02. The fourth-order valence-electron chi connectivity index (χ4n) is 1.64. The number of hydrogen-bond acceptors (Lipinski definition) is 4. The third-order valence-electron chi connectivity index (χ3n) is 2.66. The smallest absolute Gasteiger partial charge is 0.328 e. The van der Waals surface area contributed by atoms with E-state index in [1.54, 1.807) is 19.3 Å². The summed E-state index contributed by atoms with van der Waals surface area (Å²) in [6, 6.07) is 5.59. The Morgan fingerprint density at radius 1 is 1.45 bits per heavy atom. The predicted molar refractivity (Wildman–Crippen MR) is 88.7 cm³/mol. The summed E-state index contributed by atoms with van der Waals surface area (Å²) in [6.45, 7) is 8.80. The van der Waals surface area contributed by atoms with Crippen molar-refractivity contribution >= 4 is 17.4 Å². The van der Waals surface area contributed by atoms with Gasteiger partial charge in [-0.05, 0) is 29.9 Å². The van der Waals surface area contributed by atoms with Crippen LogP contribution >= 0.6 is 0 Å². The summed E-state index contributed by atoms with van der Waals surface area (Å²) >= 11 is 0. The molecule has 0 aliphatic heterocycles. The molecule has 0 aliphatic carbocycles. The molecule has 1 aromatic heterocycles. The Kier molecular flexibility index (Phi) is 7.36. The third kappa shape index (κ3) is 6.19. The van der Waals surface area contributed by atoms with Crippen LogP contribution < -0.4 is 5.32 Å². The molecule has 0 saturated heterocycles. The zero-order chi connectivity index (χ0) is 16.4. The van der Waals surface area contributed by atoms with E-state index in [0.29, 0.717) is 18.7 Å². The Balaban J connectivity index is 2.90.